The van der Waals surface area contributed by atoms with E-state index < -0.39 is 21.8 Å². The Labute approximate surface area is 133 Å². The second kappa shape index (κ2) is 7.67. The van der Waals surface area contributed by atoms with Gasteiger partial charge < -0.3 is 5.32 Å². The summed E-state index contributed by atoms with van der Waals surface area (Å²) in [5.41, 5.74) is -1.07. The van der Waals surface area contributed by atoms with E-state index in [1.807, 2.05) is 6.92 Å². The molecule has 9 heteroatoms. The third-order valence-electron chi connectivity index (χ3n) is 2.98. The molecule has 0 aliphatic rings. The van der Waals surface area contributed by atoms with Gasteiger partial charge in [0.05, 0.1) is 17.5 Å². The number of alkyl halides is 3. The summed E-state index contributed by atoms with van der Waals surface area (Å²) in [6, 6.07) is 4.01. The molecule has 0 spiro atoms. The number of nitrogens with zero attached hydrogens (tertiary/aromatic N) is 1. The minimum Gasteiger partial charge on any atom is -0.356 e. The quantitative estimate of drug-likeness (QED) is 0.819. The number of halogens is 3. The number of carbonyl (C=O) groups is 1. The lowest BCUT2D eigenvalue weighted by molar-refractivity contribution is -0.137. The fourth-order valence-electron chi connectivity index (χ4n) is 1.88. The van der Waals surface area contributed by atoms with Gasteiger partial charge in [-0.25, -0.2) is 8.42 Å². The van der Waals surface area contributed by atoms with Gasteiger partial charge >= 0.3 is 6.18 Å². The van der Waals surface area contributed by atoms with Crippen molar-refractivity contribution in [3.8, 4) is 0 Å². The van der Waals surface area contributed by atoms with E-state index in [1.165, 1.54) is 6.07 Å². The monoisotopic (exact) mass is 352 g/mol. The average Bonchev–Trinajstić information content (AvgIpc) is 2.43. The fraction of sp³-hybridized carbons (Fsp3) is 0.500. The lowest BCUT2D eigenvalue weighted by Gasteiger charge is -2.23. The Bertz CT molecular complexity index is 645. The Kier molecular flexibility index (Phi) is 6.43. The van der Waals surface area contributed by atoms with Crippen LogP contribution in [0.1, 0.15) is 25.3 Å². The molecular formula is C14H19F3N2O3S. The van der Waals surface area contributed by atoms with Gasteiger partial charge in [0, 0.05) is 19.5 Å². The highest BCUT2D eigenvalue weighted by Gasteiger charge is 2.31. The average molecular weight is 352 g/mol. The minimum absolute atomic E-state index is 0.120. The number of hydrogen-bond acceptors (Lipinski definition) is 3. The summed E-state index contributed by atoms with van der Waals surface area (Å²) in [6.45, 7) is 2.10. The van der Waals surface area contributed by atoms with Crippen LogP contribution in [0.4, 0.5) is 18.9 Å². The lowest BCUT2D eigenvalue weighted by atomic mass is 10.2. The van der Waals surface area contributed by atoms with Crippen LogP contribution in [-0.2, 0) is 21.0 Å². The topological polar surface area (TPSA) is 66.5 Å². The van der Waals surface area contributed by atoms with Crippen molar-refractivity contribution in [3.05, 3.63) is 29.8 Å². The number of amides is 1. The molecule has 1 N–H and O–H groups in total. The highest BCUT2D eigenvalue weighted by Crippen LogP contribution is 2.32. The molecule has 1 rings (SSSR count). The molecule has 0 unspecified atom stereocenters. The van der Waals surface area contributed by atoms with E-state index in [-0.39, 0.29) is 24.6 Å². The second-order valence-electron chi connectivity index (χ2n) is 4.98. The first-order valence-corrected chi connectivity index (χ1v) is 8.82. The van der Waals surface area contributed by atoms with Gasteiger partial charge in [0.2, 0.25) is 15.9 Å². The second-order valence-corrected chi connectivity index (χ2v) is 6.89. The van der Waals surface area contributed by atoms with Gasteiger partial charge in [0.25, 0.3) is 0 Å². The van der Waals surface area contributed by atoms with E-state index in [9.17, 15) is 26.4 Å². The number of rotatable bonds is 7. The standard InChI is InChI=1S/C14H19F3N2O3S/c1-3-8-18-13(20)7-9-19(23(2,21)22)12-6-4-5-11(10-12)14(15,16)17/h4-6,10H,3,7-9H2,1-2H3,(H,18,20). The van der Waals surface area contributed by atoms with Crippen LogP contribution in [0.15, 0.2) is 24.3 Å². The summed E-state index contributed by atoms with van der Waals surface area (Å²) in [5.74, 6) is -0.354. The number of hydrogen-bond donors (Lipinski definition) is 1. The van der Waals surface area contributed by atoms with Crippen molar-refractivity contribution in [2.75, 3.05) is 23.7 Å². The smallest absolute Gasteiger partial charge is 0.356 e. The molecule has 0 aliphatic heterocycles. The van der Waals surface area contributed by atoms with Crippen LogP contribution in [0.25, 0.3) is 0 Å². The summed E-state index contributed by atoms with van der Waals surface area (Å²) in [6.07, 6.45) is -3.09. The molecule has 0 fully saturated rings. The van der Waals surface area contributed by atoms with Gasteiger partial charge in [-0.3, -0.25) is 9.10 Å². The molecule has 0 atom stereocenters. The van der Waals surface area contributed by atoms with Gasteiger partial charge in [-0.05, 0) is 24.6 Å². The molecule has 0 aliphatic carbocycles. The predicted molar refractivity (Wildman–Crippen MR) is 81.6 cm³/mol. The van der Waals surface area contributed by atoms with Crippen LogP contribution in [0.3, 0.4) is 0 Å². The van der Waals surface area contributed by atoms with Crippen molar-refractivity contribution in [2.24, 2.45) is 0 Å². The first kappa shape index (κ1) is 19.3. The predicted octanol–water partition coefficient (Wildman–Crippen LogP) is 2.39. The molecule has 1 aromatic rings. The third-order valence-corrected chi connectivity index (χ3v) is 4.17. The molecule has 23 heavy (non-hydrogen) atoms. The molecule has 0 bridgehead atoms. The highest BCUT2D eigenvalue weighted by atomic mass is 32.2. The Morgan fingerprint density at radius 2 is 1.96 bits per heavy atom. The SMILES string of the molecule is CCCNC(=O)CCN(c1cccc(C(F)(F)F)c1)S(C)(=O)=O. The Morgan fingerprint density at radius 3 is 2.48 bits per heavy atom. The number of nitrogens with one attached hydrogen (secondary N) is 1. The highest BCUT2D eigenvalue weighted by molar-refractivity contribution is 7.92. The van der Waals surface area contributed by atoms with Crippen molar-refractivity contribution in [2.45, 2.75) is 25.9 Å². The number of sulfonamides is 1. The van der Waals surface area contributed by atoms with E-state index in [2.05, 4.69) is 5.32 Å². The molecule has 0 saturated heterocycles. The van der Waals surface area contributed by atoms with Crippen LogP contribution in [0.5, 0.6) is 0 Å². The lowest BCUT2D eigenvalue weighted by Crippen LogP contribution is -2.35. The first-order chi connectivity index (χ1) is 10.6. The van der Waals surface area contributed by atoms with Crippen molar-refractivity contribution in [3.63, 3.8) is 0 Å². The molecule has 1 amide bonds. The summed E-state index contributed by atoms with van der Waals surface area (Å²) < 4.78 is 62.7. The Morgan fingerprint density at radius 1 is 1.30 bits per heavy atom. The van der Waals surface area contributed by atoms with Crippen molar-refractivity contribution in [1.29, 1.82) is 0 Å². The van der Waals surface area contributed by atoms with Gasteiger partial charge in [-0.2, -0.15) is 13.2 Å². The van der Waals surface area contributed by atoms with Crippen LogP contribution in [-0.4, -0.2) is 33.7 Å². The van der Waals surface area contributed by atoms with Gasteiger partial charge in [0.15, 0.2) is 0 Å². The van der Waals surface area contributed by atoms with Gasteiger partial charge in [0.1, 0.15) is 0 Å². The van der Waals surface area contributed by atoms with E-state index in [4.69, 9.17) is 0 Å². The maximum atomic E-state index is 12.7. The van der Waals surface area contributed by atoms with E-state index in [1.54, 1.807) is 0 Å². The van der Waals surface area contributed by atoms with Crippen LogP contribution in [0.2, 0.25) is 0 Å². The van der Waals surface area contributed by atoms with Crippen molar-refractivity contribution >= 4 is 21.6 Å². The number of anilines is 1. The van der Waals surface area contributed by atoms with E-state index >= 15 is 0 Å². The normalized spacial score (nSPS) is 12.0. The molecule has 1 aromatic carbocycles. The summed E-state index contributed by atoms with van der Waals surface area (Å²) in [4.78, 5) is 11.6. The zero-order valence-electron chi connectivity index (χ0n) is 12.9. The Hall–Kier alpha value is -1.77. The fourth-order valence-corrected chi connectivity index (χ4v) is 2.80. The molecule has 130 valence electrons. The van der Waals surface area contributed by atoms with Crippen molar-refractivity contribution < 1.29 is 26.4 Å². The molecule has 0 heterocycles. The van der Waals surface area contributed by atoms with Gasteiger partial charge in [-0.1, -0.05) is 13.0 Å². The zero-order chi connectivity index (χ0) is 17.7. The zero-order valence-corrected chi connectivity index (χ0v) is 13.7. The summed E-state index contributed by atoms with van der Waals surface area (Å²) in [7, 11) is -3.81. The maximum Gasteiger partial charge on any atom is 0.416 e. The molecule has 5 nitrogen and oxygen atoms in total. The molecule has 0 aromatic heterocycles. The first-order valence-electron chi connectivity index (χ1n) is 6.97. The van der Waals surface area contributed by atoms with Crippen LogP contribution in [0, 0.1) is 0 Å². The molecule has 0 saturated carbocycles. The Balaban J connectivity index is 2.98. The third kappa shape index (κ3) is 6.09. The summed E-state index contributed by atoms with van der Waals surface area (Å²) >= 11 is 0. The van der Waals surface area contributed by atoms with E-state index in [0.29, 0.717) is 6.54 Å². The number of carbonyl (C=O) groups excluding carboxylic acids is 1. The van der Waals surface area contributed by atoms with Gasteiger partial charge in [-0.15, -0.1) is 0 Å². The van der Waals surface area contributed by atoms with E-state index in [0.717, 1.165) is 35.2 Å². The molecular weight excluding hydrogens is 333 g/mol. The maximum absolute atomic E-state index is 12.7. The largest absolute Gasteiger partial charge is 0.416 e. The van der Waals surface area contributed by atoms with Crippen LogP contribution < -0.4 is 9.62 Å². The van der Waals surface area contributed by atoms with Crippen molar-refractivity contribution in [1.82, 2.24) is 5.32 Å². The number of benzene rings is 1. The molecule has 0 radical (unpaired) electrons. The summed E-state index contributed by atoms with van der Waals surface area (Å²) in [5, 5.41) is 2.59. The minimum atomic E-state index is -4.57. The van der Waals surface area contributed by atoms with Crippen LogP contribution >= 0.6 is 0 Å².